The molecule has 3 N–H and O–H groups in total. The van der Waals surface area contributed by atoms with Gasteiger partial charge in [-0.25, -0.2) is 0 Å². The van der Waals surface area contributed by atoms with Crippen molar-refractivity contribution in [2.45, 2.75) is 19.6 Å². The second-order valence-corrected chi connectivity index (χ2v) is 2.65. The molecule has 2 nitrogen and oxygen atoms in total. The molecule has 0 aliphatic heterocycles. The standard InChI is InChI=1S/C9H13NO.ClH/c1-7(10)9-5-3-2-4-8(9)6-11;/h2-5,7,11H,6,10H2,1H3;1H/t7-;/m0./s1. The lowest BCUT2D eigenvalue weighted by molar-refractivity contribution is 0.280. The second-order valence-electron chi connectivity index (χ2n) is 2.65. The van der Waals surface area contributed by atoms with Gasteiger partial charge in [0, 0.05) is 6.04 Å². The van der Waals surface area contributed by atoms with Crippen LogP contribution >= 0.6 is 12.4 Å². The first-order chi connectivity index (χ1) is 5.25. The Labute approximate surface area is 78.8 Å². The lowest BCUT2D eigenvalue weighted by atomic mass is 10.0. The maximum Gasteiger partial charge on any atom is 0.0685 e. The Morgan fingerprint density at radius 3 is 2.42 bits per heavy atom. The summed E-state index contributed by atoms with van der Waals surface area (Å²) in [6, 6.07) is 7.66. The zero-order valence-corrected chi connectivity index (χ0v) is 7.84. The van der Waals surface area contributed by atoms with E-state index in [9.17, 15) is 0 Å². The van der Waals surface area contributed by atoms with Gasteiger partial charge in [-0.3, -0.25) is 0 Å². The van der Waals surface area contributed by atoms with Crippen LogP contribution in [0.1, 0.15) is 24.1 Å². The highest BCUT2D eigenvalue weighted by Crippen LogP contribution is 2.14. The van der Waals surface area contributed by atoms with Gasteiger partial charge in [-0.2, -0.15) is 0 Å². The zero-order valence-electron chi connectivity index (χ0n) is 7.03. The molecule has 0 unspecified atom stereocenters. The maximum absolute atomic E-state index is 8.91. The van der Waals surface area contributed by atoms with E-state index in [1.165, 1.54) is 0 Å². The van der Waals surface area contributed by atoms with Crippen LogP contribution in [0.15, 0.2) is 24.3 Å². The molecule has 0 heterocycles. The van der Waals surface area contributed by atoms with Gasteiger partial charge < -0.3 is 10.8 Å². The summed E-state index contributed by atoms with van der Waals surface area (Å²) < 4.78 is 0. The molecule has 0 amide bonds. The first-order valence-electron chi connectivity index (χ1n) is 3.70. The molecule has 12 heavy (non-hydrogen) atoms. The van der Waals surface area contributed by atoms with Crippen LogP contribution in [0.4, 0.5) is 0 Å². The van der Waals surface area contributed by atoms with E-state index in [2.05, 4.69) is 0 Å². The minimum atomic E-state index is -0.00153. The SMILES string of the molecule is C[C@H](N)c1ccccc1CO.Cl. The first kappa shape index (κ1) is 11.4. The number of hydrogen-bond donors (Lipinski definition) is 2. The van der Waals surface area contributed by atoms with Crippen LogP contribution in [-0.4, -0.2) is 5.11 Å². The Balaban J connectivity index is 0.00000121. The van der Waals surface area contributed by atoms with Crippen LogP contribution in [0.2, 0.25) is 0 Å². The molecule has 68 valence electrons. The minimum Gasteiger partial charge on any atom is -0.392 e. The quantitative estimate of drug-likeness (QED) is 0.739. The number of hydrogen-bond acceptors (Lipinski definition) is 2. The van der Waals surface area contributed by atoms with Gasteiger partial charge in [0.25, 0.3) is 0 Å². The molecule has 0 spiro atoms. The van der Waals surface area contributed by atoms with E-state index in [1.807, 2.05) is 31.2 Å². The molecule has 0 fully saturated rings. The van der Waals surface area contributed by atoms with E-state index in [0.717, 1.165) is 11.1 Å². The molecule has 0 aromatic heterocycles. The fraction of sp³-hybridized carbons (Fsp3) is 0.333. The smallest absolute Gasteiger partial charge is 0.0685 e. The molecule has 0 bridgehead atoms. The van der Waals surface area contributed by atoms with E-state index in [1.54, 1.807) is 0 Å². The molecule has 0 saturated heterocycles. The fourth-order valence-corrected chi connectivity index (χ4v) is 1.12. The molecule has 1 aromatic carbocycles. The van der Waals surface area contributed by atoms with Crippen molar-refractivity contribution in [3.8, 4) is 0 Å². The van der Waals surface area contributed by atoms with Gasteiger partial charge in [0.05, 0.1) is 6.61 Å². The molecule has 0 aliphatic carbocycles. The highest BCUT2D eigenvalue weighted by molar-refractivity contribution is 5.85. The number of rotatable bonds is 2. The molecule has 0 aliphatic rings. The summed E-state index contributed by atoms with van der Waals surface area (Å²) in [6.45, 7) is 1.98. The topological polar surface area (TPSA) is 46.2 Å². The molecule has 1 rings (SSSR count). The molecule has 3 heteroatoms. The molecule has 1 aromatic rings. The van der Waals surface area contributed by atoms with E-state index in [0.29, 0.717) is 0 Å². The lowest BCUT2D eigenvalue weighted by Crippen LogP contribution is -2.07. The van der Waals surface area contributed by atoms with Gasteiger partial charge in [0.2, 0.25) is 0 Å². The monoisotopic (exact) mass is 187 g/mol. The second kappa shape index (κ2) is 5.14. The minimum absolute atomic E-state index is 0. The van der Waals surface area contributed by atoms with Gasteiger partial charge in [0.1, 0.15) is 0 Å². The summed E-state index contributed by atoms with van der Waals surface area (Å²) in [5.41, 5.74) is 7.62. The summed E-state index contributed by atoms with van der Waals surface area (Å²) in [5.74, 6) is 0. The highest BCUT2D eigenvalue weighted by Gasteiger charge is 2.03. The van der Waals surface area contributed by atoms with Gasteiger partial charge in [-0.15, -0.1) is 12.4 Å². The molecule has 0 radical (unpaired) electrons. The van der Waals surface area contributed by atoms with Gasteiger partial charge in [-0.1, -0.05) is 24.3 Å². The third kappa shape index (κ3) is 2.48. The van der Waals surface area contributed by atoms with Gasteiger partial charge >= 0.3 is 0 Å². The van der Waals surface area contributed by atoms with Gasteiger partial charge in [-0.05, 0) is 18.1 Å². The number of halogens is 1. The summed E-state index contributed by atoms with van der Waals surface area (Å²) in [4.78, 5) is 0. The number of aliphatic hydroxyl groups excluding tert-OH is 1. The van der Waals surface area contributed by atoms with Crippen molar-refractivity contribution in [1.29, 1.82) is 0 Å². The van der Waals surface area contributed by atoms with Crippen LogP contribution in [0.3, 0.4) is 0 Å². The summed E-state index contributed by atoms with van der Waals surface area (Å²) >= 11 is 0. The van der Waals surface area contributed by atoms with Crippen molar-refractivity contribution >= 4 is 12.4 Å². The molecule has 0 saturated carbocycles. The van der Waals surface area contributed by atoms with Crippen molar-refractivity contribution in [3.05, 3.63) is 35.4 Å². The zero-order chi connectivity index (χ0) is 8.27. The third-order valence-electron chi connectivity index (χ3n) is 1.72. The Hall–Kier alpha value is -0.570. The summed E-state index contributed by atoms with van der Waals surface area (Å²) in [5, 5.41) is 8.91. The molecular formula is C9H14ClNO. The summed E-state index contributed by atoms with van der Waals surface area (Å²) in [7, 11) is 0. The first-order valence-corrected chi connectivity index (χ1v) is 3.70. The maximum atomic E-state index is 8.91. The predicted molar refractivity (Wildman–Crippen MR) is 52.2 cm³/mol. The number of benzene rings is 1. The van der Waals surface area contributed by atoms with E-state index < -0.39 is 0 Å². The Bertz CT molecular complexity index is 238. The Kier molecular flexibility index (Phi) is 4.90. The number of nitrogens with two attached hydrogens (primary N) is 1. The highest BCUT2D eigenvalue weighted by atomic mass is 35.5. The van der Waals surface area contributed by atoms with Gasteiger partial charge in [0.15, 0.2) is 0 Å². The average Bonchev–Trinajstić information content (AvgIpc) is 2.04. The third-order valence-corrected chi connectivity index (χ3v) is 1.72. The van der Waals surface area contributed by atoms with Crippen molar-refractivity contribution < 1.29 is 5.11 Å². The normalized spacial score (nSPS) is 11.9. The van der Waals surface area contributed by atoms with Crippen LogP contribution in [0, 0.1) is 0 Å². The van der Waals surface area contributed by atoms with E-state index in [-0.39, 0.29) is 25.1 Å². The van der Waals surface area contributed by atoms with Crippen LogP contribution in [-0.2, 0) is 6.61 Å². The Morgan fingerprint density at radius 1 is 1.42 bits per heavy atom. The molecular weight excluding hydrogens is 174 g/mol. The van der Waals surface area contributed by atoms with Crippen molar-refractivity contribution in [2.75, 3.05) is 0 Å². The van der Waals surface area contributed by atoms with Crippen LogP contribution < -0.4 is 5.73 Å². The van der Waals surface area contributed by atoms with Crippen LogP contribution in [0.25, 0.3) is 0 Å². The fourth-order valence-electron chi connectivity index (χ4n) is 1.12. The van der Waals surface area contributed by atoms with Crippen molar-refractivity contribution in [2.24, 2.45) is 5.73 Å². The number of aliphatic hydroxyl groups is 1. The summed E-state index contributed by atoms with van der Waals surface area (Å²) in [6.07, 6.45) is 0. The van der Waals surface area contributed by atoms with Crippen molar-refractivity contribution in [1.82, 2.24) is 0 Å². The van der Waals surface area contributed by atoms with Crippen molar-refractivity contribution in [3.63, 3.8) is 0 Å². The van der Waals surface area contributed by atoms with E-state index in [4.69, 9.17) is 10.8 Å². The largest absolute Gasteiger partial charge is 0.392 e. The Morgan fingerprint density at radius 2 is 2.00 bits per heavy atom. The molecule has 1 atom stereocenters. The van der Waals surface area contributed by atoms with Crippen LogP contribution in [0.5, 0.6) is 0 Å². The lowest BCUT2D eigenvalue weighted by Gasteiger charge is -2.09. The predicted octanol–water partition coefficient (Wildman–Crippen LogP) is 1.62. The average molecular weight is 188 g/mol. The van der Waals surface area contributed by atoms with E-state index >= 15 is 0 Å².